The van der Waals surface area contributed by atoms with Gasteiger partial charge in [0.2, 0.25) is 0 Å². The number of rotatable bonds is 1. The minimum atomic E-state index is 0.0753. The molecule has 0 heteroatoms. The van der Waals surface area contributed by atoms with E-state index in [-0.39, 0.29) is 11.8 Å². The zero-order chi connectivity index (χ0) is 8.89. The van der Waals surface area contributed by atoms with Gasteiger partial charge in [-0.25, -0.2) is 0 Å². The Morgan fingerprint density at radius 1 is 1.33 bits per heavy atom. The third kappa shape index (κ3) is 0.677. The molecule has 0 radical (unpaired) electrons. The van der Waals surface area contributed by atoms with E-state index in [0.29, 0.717) is 5.92 Å². The SMILES string of the molecule is [2H][C@H]1C2C=CC1(c1ccccc1)C2. The van der Waals surface area contributed by atoms with Crippen LogP contribution in [0.4, 0.5) is 0 Å². The number of hydrogen-bond donors (Lipinski definition) is 0. The average molecular weight is 157 g/mol. The molecule has 0 nitrogen and oxygen atoms in total. The molecule has 0 spiro atoms. The van der Waals surface area contributed by atoms with Gasteiger partial charge in [-0.3, -0.25) is 0 Å². The van der Waals surface area contributed by atoms with Crippen LogP contribution in [0.15, 0.2) is 42.5 Å². The maximum absolute atomic E-state index is 8.01. The van der Waals surface area contributed by atoms with Gasteiger partial charge in [0.05, 0.1) is 0 Å². The highest BCUT2D eigenvalue weighted by Crippen LogP contribution is 2.54. The summed E-state index contributed by atoms with van der Waals surface area (Å²) in [6.07, 6.45) is 5.69. The molecule has 1 saturated carbocycles. The fourth-order valence-electron chi connectivity index (χ4n) is 2.34. The minimum absolute atomic E-state index is 0.0753. The number of hydrogen-bond acceptors (Lipinski definition) is 0. The standard InChI is InChI=1S/C12H12/c1-2-4-11(5-3-1)12-7-6-10(8-12)9-12/h1-7,10H,8-9H2/i8D/t8-,10?,12?/m0/s1. The lowest BCUT2D eigenvalue weighted by Gasteiger charge is -2.39. The molecule has 2 bridgehead atoms. The van der Waals surface area contributed by atoms with Crippen molar-refractivity contribution in [2.24, 2.45) is 5.92 Å². The first-order chi connectivity index (χ1) is 6.33. The van der Waals surface area contributed by atoms with Crippen molar-refractivity contribution in [3.05, 3.63) is 48.0 Å². The molecule has 3 aliphatic rings. The van der Waals surface area contributed by atoms with Gasteiger partial charge < -0.3 is 0 Å². The monoisotopic (exact) mass is 157 g/mol. The lowest BCUT2D eigenvalue weighted by atomic mass is 9.64. The second kappa shape index (κ2) is 2.01. The maximum Gasteiger partial charge on any atom is 0.0285 e. The van der Waals surface area contributed by atoms with Gasteiger partial charge in [-0.2, -0.15) is 0 Å². The zero-order valence-electron chi connectivity index (χ0n) is 7.90. The third-order valence-electron chi connectivity index (χ3n) is 3.04. The van der Waals surface area contributed by atoms with Crippen molar-refractivity contribution >= 4 is 0 Å². The predicted octanol–water partition coefficient (Wildman–Crippen LogP) is 2.90. The summed E-state index contributed by atoms with van der Waals surface area (Å²) in [6.45, 7) is 0. The van der Waals surface area contributed by atoms with Crippen molar-refractivity contribution < 1.29 is 1.37 Å². The molecule has 1 fully saturated rings. The van der Waals surface area contributed by atoms with E-state index in [1.807, 2.05) is 6.07 Å². The van der Waals surface area contributed by atoms with Crippen LogP contribution in [0.5, 0.6) is 0 Å². The Bertz CT molecular complexity index is 355. The highest BCUT2D eigenvalue weighted by Gasteiger charge is 2.46. The molecular weight excluding hydrogens is 144 g/mol. The predicted molar refractivity (Wildman–Crippen MR) is 50.0 cm³/mol. The second-order valence-electron chi connectivity index (χ2n) is 3.80. The largest absolute Gasteiger partial charge is 0.0844 e. The van der Waals surface area contributed by atoms with Gasteiger partial charge in [0, 0.05) is 6.79 Å². The molecule has 0 aliphatic heterocycles. The van der Waals surface area contributed by atoms with Gasteiger partial charge in [0.15, 0.2) is 0 Å². The maximum atomic E-state index is 8.01. The van der Waals surface area contributed by atoms with Crippen LogP contribution in [0.3, 0.4) is 0 Å². The average Bonchev–Trinajstić information content (AvgIpc) is 2.76. The van der Waals surface area contributed by atoms with Crippen LogP contribution in [0.25, 0.3) is 0 Å². The Balaban J connectivity index is 2.07. The summed E-state index contributed by atoms with van der Waals surface area (Å²) in [6, 6.07) is 10.5. The summed E-state index contributed by atoms with van der Waals surface area (Å²) >= 11 is 0. The number of allylic oxidation sites excluding steroid dienone is 2. The normalized spacial score (nSPS) is 43.8. The van der Waals surface area contributed by atoms with Gasteiger partial charge in [-0.15, -0.1) is 0 Å². The molecule has 0 N–H and O–H groups in total. The lowest BCUT2D eigenvalue weighted by Crippen LogP contribution is -2.32. The van der Waals surface area contributed by atoms with Gasteiger partial charge in [-0.05, 0) is 24.3 Å². The van der Waals surface area contributed by atoms with Crippen LogP contribution in [0, 0.1) is 5.92 Å². The van der Waals surface area contributed by atoms with Gasteiger partial charge in [0.1, 0.15) is 0 Å². The first kappa shape index (κ1) is 5.58. The van der Waals surface area contributed by atoms with Crippen LogP contribution in [-0.4, -0.2) is 0 Å². The van der Waals surface area contributed by atoms with Crippen LogP contribution in [-0.2, 0) is 5.41 Å². The van der Waals surface area contributed by atoms with Crippen molar-refractivity contribution in [2.75, 3.05) is 0 Å². The Morgan fingerprint density at radius 3 is 2.75 bits per heavy atom. The van der Waals surface area contributed by atoms with Crippen LogP contribution in [0.1, 0.15) is 19.8 Å². The van der Waals surface area contributed by atoms with E-state index in [9.17, 15) is 0 Å². The summed E-state index contributed by atoms with van der Waals surface area (Å²) in [5, 5.41) is 0. The fraction of sp³-hybridized carbons (Fsp3) is 0.333. The van der Waals surface area contributed by atoms with Gasteiger partial charge >= 0.3 is 0 Å². The lowest BCUT2D eigenvalue weighted by molar-refractivity contribution is 0.272. The highest BCUT2D eigenvalue weighted by molar-refractivity contribution is 5.40. The molecule has 0 aromatic heterocycles. The Morgan fingerprint density at radius 2 is 2.17 bits per heavy atom. The molecule has 3 aliphatic carbocycles. The summed E-state index contributed by atoms with van der Waals surface area (Å²) in [4.78, 5) is 0. The van der Waals surface area contributed by atoms with E-state index < -0.39 is 0 Å². The van der Waals surface area contributed by atoms with E-state index in [0.717, 1.165) is 6.42 Å². The quantitative estimate of drug-likeness (QED) is 0.550. The molecule has 2 unspecified atom stereocenters. The second-order valence-corrected chi connectivity index (χ2v) is 3.80. The first-order valence-corrected chi connectivity index (χ1v) is 4.50. The van der Waals surface area contributed by atoms with Crippen LogP contribution >= 0.6 is 0 Å². The van der Waals surface area contributed by atoms with Crippen molar-refractivity contribution in [1.82, 2.24) is 0 Å². The number of benzene rings is 1. The molecule has 60 valence electrons. The van der Waals surface area contributed by atoms with Crippen molar-refractivity contribution in [3.8, 4) is 0 Å². The van der Waals surface area contributed by atoms with E-state index in [1.165, 1.54) is 5.56 Å². The molecule has 3 atom stereocenters. The summed E-state index contributed by atoms with van der Waals surface area (Å²) in [5.41, 5.74) is 1.39. The topological polar surface area (TPSA) is 0 Å². The highest BCUT2D eigenvalue weighted by atomic mass is 14.5. The Labute approximate surface area is 74.3 Å². The molecule has 0 heterocycles. The first-order valence-electron chi connectivity index (χ1n) is 5.08. The van der Waals surface area contributed by atoms with Crippen molar-refractivity contribution in [2.45, 2.75) is 18.2 Å². The van der Waals surface area contributed by atoms with E-state index in [2.05, 4.69) is 36.4 Å². The van der Waals surface area contributed by atoms with E-state index in [4.69, 9.17) is 1.37 Å². The Kier molecular flexibility index (Phi) is 0.933. The summed E-state index contributed by atoms with van der Waals surface area (Å²) < 4.78 is 8.01. The smallest absolute Gasteiger partial charge is 0.0285 e. The van der Waals surface area contributed by atoms with Gasteiger partial charge in [-0.1, -0.05) is 42.5 Å². The van der Waals surface area contributed by atoms with E-state index in [1.54, 1.807) is 0 Å². The molecule has 0 saturated heterocycles. The van der Waals surface area contributed by atoms with Crippen LogP contribution in [0.2, 0.25) is 0 Å². The minimum Gasteiger partial charge on any atom is -0.0844 e. The molecule has 1 aromatic rings. The van der Waals surface area contributed by atoms with Crippen molar-refractivity contribution in [3.63, 3.8) is 0 Å². The molecule has 1 aromatic carbocycles. The zero-order valence-corrected chi connectivity index (χ0v) is 6.90. The Hall–Kier alpha value is -1.04. The fourth-order valence-corrected chi connectivity index (χ4v) is 2.34. The summed E-state index contributed by atoms with van der Waals surface area (Å²) in [5.74, 6) is 0.528. The van der Waals surface area contributed by atoms with Gasteiger partial charge in [0.25, 0.3) is 0 Å². The molecular formula is C12H12. The van der Waals surface area contributed by atoms with Crippen molar-refractivity contribution in [1.29, 1.82) is 0 Å². The van der Waals surface area contributed by atoms with Crippen LogP contribution < -0.4 is 0 Å². The molecule has 4 rings (SSSR count). The van der Waals surface area contributed by atoms with E-state index >= 15 is 0 Å². The molecule has 0 amide bonds. The summed E-state index contributed by atoms with van der Waals surface area (Å²) in [7, 11) is 0. The molecule has 12 heavy (non-hydrogen) atoms. The third-order valence-corrected chi connectivity index (χ3v) is 3.04.